The van der Waals surface area contributed by atoms with Crippen molar-refractivity contribution in [3.05, 3.63) is 64.0 Å². The number of carbonyl (C=O) groups excluding carboxylic acids is 1. The molecule has 1 amide bonds. The molecule has 0 radical (unpaired) electrons. The molecule has 0 fully saturated rings. The molecule has 0 aliphatic rings. The number of nitrogens with one attached hydrogen (secondary N) is 1. The molecule has 0 bridgehead atoms. The molecule has 1 N–H and O–H groups in total. The van der Waals surface area contributed by atoms with Crippen LogP contribution in [0, 0.1) is 17.0 Å². The van der Waals surface area contributed by atoms with E-state index in [0.29, 0.717) is 17.9 Å². The van der Waals surface area contributed by atoms with Gasteiger partial charge in [0.25, 0.3) is 0 Å². The van der Waals surface area contributed by atoms with Crippen molar-refractivity contribution in [3.63, 3.8) is 0 Å². The third-order valence-electron chi connectivity index (χ3n) is 3.23. The SMILES string of the molecule is CCCOc1ccc(/C=C/C(=O)Nc2ccnc(C)c2)cc1[N+](=O)[O-]. The Kier molecular flexibility index (Phi) is 6.22. The summed E-state index contributed by atoms with van der Waals surface area (Å²) in [5.41, 5.74) is 1.84. The number of hydrogen-bond acceptors (Lipinski definition) is 5. The fourth-order valence-corrected chi connectivity index (χ4v) is 2.09. The molecule has 0 saturated heterocycles. The lowest BCUT2D eigenvalue weighted by Gasteiger charge is -2.06. The number of aryl methyl sites for hydroxylation is 1. The smallest absolute Gasteiger partial charge is 0.311 e. The molecule has 25 heavy (non-hydrogen) atoms. The summed E-state index contributed by atoms with van der Waals surface area (Å²) < 4.78 is 5.37. The molecule has 0 unspecified atom stereocenters. The average molecular weight is 341 g/mol. The van der Waals surface area contributed by atoms with E-state index < -0.39 is 4.92 Å². The van der Waals surface area contributed by atoms with Gasteiger partial charge < -0.3 is 10.1 Å². The van der Waals surface area contributed by atoms with Crippen LogP contribution in [-0.4, -0.2) is 22.4 Å². The van der Waals surface area contributed by atoms with E-state index in [4.69, 9.17) is 4.74 Å². The highest BCUT2D eigenvalue weighted by Gasteiger charge is 2.15. The van der Waals surface area contributed by atoms with Crippen LogP contribution < -0.4 is 10.1 Å². The van der Waals surface area contributed by atoms with Gasteiger partial charge in [0.15, 0.2) is 5.75 Å². The monoisotopic (exact) mass is 341 g/mol. The van der Waals surface area contributed by atoms with Crippen LogP contribution in [0.1, 0.15) is 24.6 Å². The molecular weight excluding hydrogens is 322 g/mol. The van der Waals surface area contributed by atoms with Crippen molar-refractivity contribution in [2.24, 2.45) is 0 Å². The van der Waals surface area contributed by atoms with Crippen molar-refractivity contribution in [2.45, 2.75) is 20.3 Å². The third-order valence-corrected chi connectivity index (χ3v) is 3.23. The van der Waals surface area contributed by atoms with Gasteiger partial charge >= 0.3 is 5.69 Å². The lowest BCUT2D eigenvalue weighted by molar-refractivity contribution is -0.385. The molecule has 7 nitrogen and oxygen atoms in total. The van der Waals surface area contributed by atoms with Crippen LogP contribution in [0.4, 0.5) is 11.4 Å². The van der Waals surface area contributed by atoms with Crippen LogP contribution in [0.3, 0.4) is 0 Å². The Bertz CT molecular complexity index is 803. The predicted octanol–water partition coefficient (Wildman–Crippen LogP) is 3.74. The zero-order chi connectivity index (χ0) is 18.2. The van der Waals surface area contributed by atoms with E-state index in [9.17, 15) is 14.9 Å². The number of pyridine rings is 1. The Morgan fingerprint density at radius 1 is 1.36 bits per heavy atom. The fraction of sp³-hybridized carbons (Fsp3) is 0.222. The molecule has 0 atom stereocenters. The largest absolute Gasteiger partial charge is 0.487 e. The average Bonchev–Trinajstić information content (AvgIpc) is 2.58. The number of ether oxygens (including phenoxy) is 1. The van der Waals surface area contributed by atoms with Crippen molar-refractivity contribution in [3.8, 4) is 5.75 Å². The van der Waals surface area contributed by atoms with Gasteiger partial charge in [-0.05, 0) is 43.2 Å². The van der Waals surface area contributed by atoms with Crippen LogP contribution in [0.5, 0.6) is 5.75 Å². The maximum Gasteiger partial charge on any atom is 0.311 e. The molecule has 2 aromatic rings. The first-order valence-corrected chi connectivity index (χ1v) is 7.82. The van der Waals surface area contributed by atoms with Crippen molar-refractivity contribution in [1.82, 2.24) is 4.98 Å². The number of carbonyl (C=O) groups is 1. The molecule has 0 aliphatic carbocycles. The first-order chi connectivity index (χ1) is 12.0. The number of hydrogen-bond donors (Lipinski definition) is 1. The first kappa shape index (κ1) is 18.1. The van der Waals surface area contributed by atoms with Gasteiger partial charge in [-0.25, -0.2) is 0 Å². The summed E-state index contributed by atoms with van der Waals surface area (Å²) in [4.78, 5) is 26.7. The van der Waals surface area contributed by atoms with Gasteiger partial charge in [0.2, 0.25) is 5.91 Å². The van der Waals surface area contributed by atoms with E-state index >= 15 is 0 Å². The molecule has 0 saturated carbocycles. The summed E-state index contributed by atoms with van der Waals surface area (Å²) >= 11 is 0. The molecule has 1 heterocycles. The minimum absolute atomic E-state index is 0.124. The highest BCUT2D eigenvalue weighted by molar-refractivity contribution is 6.01. The Labute approximate surface area is 145 Å². The Balaban J connectivity index is 2.10. The van der Waals surface area contributed by atoms with E-state index in [0.717, 1.165) is 12.1 Å². The van der Waals surface area contributed by atoms with Crippen molar-refractivity contribution < 1.29 is 14.5 Å². The van der Waals surface area contributed by atoms with Gasteiger partial charge in [0, 0.05) is 29.7 Å². The van der Waals surface area contributed by atoms with E-state index in [-0.39, 0.29) is 17.3 Å². The maximum atomic E-state index is 11.9. The second-order valence-corrected chi connectivity index (χ2v) is 5.34. The van der Waals surface area contributed by atoms with Gasteiger partial charge in [0.05, 0.1) is 11.5 Å². The molecule has 7 heteroatoms. The first-order valence-electron chi connectivity index (χ1n) is 7.82. The van der Waals surface area contributed by atoms with E-state index in [1.165, 1.54) is 24.3 Å². The van der Waals surface area contributed by atoms with Gasteiger partial charge in [-0.3, -0.25) is 19.9 Å². The summed E-state index contributed by atoms with van der Waals surface area (Å²) in [5.74, 6) is -0.111. The minimum atomic E-state index is -0.498. The van der Waals surface area contributed by atoms with E-state index in [2.05, 4.69) is 10.3 Å². The molecular formula is C18H19N3O4. The number of nitro groups is 1. The van der Waals surface area contributed by atoms with Crippen molar-refractivity contribution in [1.29, 1.82) is 0 Å². The Morgan fingerprint density at radius 2 is 2.16 bits per heavy atom. The van der Waals surface area contributed by atoms with E-state index in [1.54, 1.807) is 24.4 Å². The number of anilines is 1. The van der Waals surface area contributed by atoms with Crippen molar-refractivity contribution >= 4 is 23.4 Å². The summed E-state index contributed by atoms with van der Waals surface area (Å²) in [5, 5.41) is 13.9. The summed E-state index contributed by atoms with van der Waals surface area (Å²) in [6.45, 7) is 4.16. The highest BCUT2D eigenvalue weighted by atomic mass is 16.6. The second kappa shape index (κ2) is 8.58. The van der Waals surface area contributed by atoms with Gasteiger partial charge in [-0.2, -0.15) is 0 Å². The van der Waals surface area contributed by atoms with Crippen molar-refractivity contribution in [2.75, 3.05) is 11.9 Å². The molecule has 1 aromatic carbocycles. The summed E-state index contributed by atoms with van der Waals surface area (Å²) in [6, 6.07) is 8.02. The Hall–Kier alpha value is -3.22. The topological polar surface area (TPSA) is 94.4 Å². The summed E-state index contributed by atoms with van der Waals surface area (Å²) in [6.07, 6.45) is 5.20. The second-order valence-electron chi connectivity index (χ2n) is 5.34. The number of amides is 1. The minimum Gasteiger partial charge on any atom is -0.487 e. The predicted molar refractivity (Wildman–Crippen MR) is 95.5 cm³/mol. The normalized spacial score (nSPS) is 10.6. The maximum absolute atomic E-state index is 11.9. The molecule has 2 rings (SSSR count). The van der Waals surface area contributed by atoms with Crippen LogP contribution in [-0.2, 0) is 4.79 Å². The standard InChI is InChI=1S/C18H19N3O4/c1-3-10-25-17-6-4-14(12-16(17)21(23)24)5-7-18(22)20-15-8-9-19-13(2)11-15/h4-9,11-12H,3,10H2,1-2H3,(H,19,20,22)/b7-5+. The van der Waals surface area contributed by atoms with Crippen LogP contribution in [0.15, 0.2) is 42.6 Å². The van der Waals surface area contributed by atoms with Crippen LogP contribution in [0.25, 0.3) is 6.08 Å². The lowest BCUT2D eigenvalue weighted by atomic mass is 10.1. The number of benzene rings is 1. The zero-order valence-corrected chi connectivity index (χ0v) is 14.1. The molecule has 0 aliphatic heterocycles. The summed E-state index contributed by atoms with van der Waals surface area (Å²) in [7, 11) is 0. The van der Waals surface area contributed by atoms with Crippen LogP contribution >= 0.6 is 0 Å². The van der Waals surface area contributed by atoms with Gasteiger partial charge in [0.1, 0.15) is 0 Å². The quantitative estimate of drug-likeness (QED) is 0.470. The number of aromatic nitrogens is 1. The van der Waals surface area contributed by atoms with Gasteiger partial charge in [-0.1, -0.05) is 13.0 Å². The number of nitro benzene ring substituents is 1. The zero-order valence-electron chi connectivity index (χ0n) is 14.1. The Morgan fingerprint density at radius 3 is 2.84 bits per heavy atom. The van der Waals surface area contributed by atoms with Crippen LogP contribution in [0.2, 0.25) is 0 Å². The highest BCUT2D eigenvalue weighted by Crippen LogP contribution is 2.28. The molecule has 0 spiro atoms. The van der Waals surface area contributed by atoms with E-state index in [1.807, 2.05) is 13.8 Å². The molecule has 1 aromatic heterocycles. The number of nitrogens with zero attached hydrogens (tertiary/aromatic N) is 2. The number of rotatable bonds is 7. The molecule has 130 valence electrons. The lowest BCUT2D eigenvalue weighted by Crippen LogP contribution is -2.08. The third kappa shape index (κ3) is 5.42. The van der Waals surface area contributed by atoms with Gasteiger partial charge in [-0.15, -0.1) is 0 Å². The fourth-order valence-electron chi connectivity index (χ4n) is 2.09.